The Morgan fingerprint density at radius 2 is 1.76 bits per heavy atom. The summed E-state index contributed by atoms with van der Waals surface area (Å²) < 4.78 is 21.3. The zero-order valence-corrected chi connectivity index (χ0v) is 12.1. The molecule has 4 nitrogen and oxygen atoms in total. The first kappa shape index (κ1) is 16.4. The molecule has 17 heavy (non-hydrogen) atoms. The van der Waals surface area contributed by atoms with Crippen molar-refractivity contribution in [1.82, 2.24) is 0 Å². The smallest absolute Gasteiger partial charge is 0.312 e. The van der Waals surface area contributed by atoms with E-state index in [1.54, 1.807) is 13.8 Å². The number of ketones is 1. The van der Waals surface area contributed by atoms with Crippen LogP contribution in [0.5, 0.6) is 0 Å². The van der Waals surface area contributed by atoms with Crippen LogP contribution >= 0.6 is 7.60 Å². The van der Waals surface area contributed by atoms with Crippen LogP contribution < -0.4 is 0 Å². The Labute approximate surface area is 104 Å². The van der Waals surface area contributed by atoms with Crippen molar-refractivity contribution in [1.29, 1.82) is 0 Å². The third-order valence-electron chi connectivity index (χ3n) is 2.48. The SMILES string of the molecule is CCC#CCC(C)(C)C(=O)CP(=O)(OC)OC. The maximum absolute atomic E-state index is 12.0. The molecule has 0 aromatic heterocycles. The lowest BCUT2D eigenvalue weighted by Gasteiger charge is -2.22. The summed E-state index contributed by atoms with van der Waals surface area (Å²) in [7, 11) is -0.712. The topological polar surface area (TPSA) is 52.6 Å². The quantitative estimate of drug-likeness (QED) is 0.544. The van der Waals surface area contributed by atoms with E-state index in [0.717, 1.165) is 6.42 Å². The van der Waals surface area contributed by atoms with E-state index in [1.807, 2.05) is 6.92 Å². The van der Waals surface area contributed by atoms with Crippen molar-refractivity contribution in [2.24, 2.45) is 5.41 Å². The number of hydrogen-bond donors (Lipinski definition) is 0. The number of carbonyl (C=O) groups is 1. The highest BCUT2D eigenvalue weighted by molar-refractivity contribution is 7.54. The Morgan fingerprint density at radius 1 is 1.24 bits per heavy atom. The van der Waals surface area contributed by atoms with Crippen LogP contribution in [0.4, 0.5) is 0 Å². The molecule has 0 atom stereocenters. The Balaban J connectivity index is 4.64. The Morgan fingerprint density at radius 3 is 2.18 bits per heavy atom. The largest absolute Gasteiger partial charge is 0.337 e. The molecule has 0 saturated carbocycles. The molecular formula is C12H21O4P. The fraction of sp³-hybridized carbons (Fsp3) is 0.750. The first-order valence-electron chi connectivity index (χ1n) is 5.51. The van der Waals surface area contributed by atoms with Crippen molar-refractivity contribution in [3.63, 3.8) is 0 Å². The molecule has 0 aromatic rings. The molecule has 0 aliphatic carbocycles. The highest BCUT2D eigenvalue weighted by atomic mass is 31.2. The van der Waals surface area contributed by atoms with Crippen LogP contribution in [0.2, 0.25) is 0 Å². The molecule has 0 aromatic carbocycles. The van der Waals surface area contributed by atoms with Gasteiger partial charge in [-0.1, -0.05) is 20.8 Å². The van der Waals surface area contributed by atoms with E-state index in [-0.39, 0.29) is 11.9 Å². The van der Waals surface area contributed by atoms with Gasteiger partial charge in [0, 0.05) is 32.5 Å². The van der Waals surface area contributed by atoms with Gasteiger partial charge in [0.25, 0.3) is 0 Å². The standard InChI is InChI=1S/C12H21O4P/c1-6-7-8-9-12(2,3)11(13)10-17(14,15-4)16-5/h6,9-10H2,1-5H3. The maximum atomic E-state index is 12.0. The third-order valence-corrected chi connectivity index (χ3v) is 4.27. The first-order chi connectivity index (χ1) is 7.81. The van der Waals surface area contributed by atoms with Crippen molar-refractivity contribution < 1.29 is 18.4 Å². The molecule has 0 N–H and O–H groups in total. The summed E-state index contributed by atoms with van der Waals surface area (Å²) in [5, 5.41) is 0. The Kier molecular flexibility index (Phi) is 6.70. The van der Waals surface area contributed by atoms with Crippen molar-refractivity contribution in [3.05, 3.63) is 0 Å². The van der Waals surface area contributed by atoms with Crippen LogP contribution in [0, 0.1) is 17.3 Å². The summed E-state index contributed by atoms with van der Waals surface area (Å²) in [5.41, 5.74) is -0.630. The molecule has 98 valence electrons. The van der Waals surface area contributed by atoms with Crippen LogP contribution in [-0.2, 0) is 18.4 Å². The fourth-order valence-electron chi connectivity index (χ4n) is 1.10. The van der Waals surface area contributed by atoms with Crippen molar-refractivity contribution >= 4 is 13.4 Å². The summed E-state index contributed by atoms with van der Waals surface area (Å²) in [6, 6.07) is 0. The van der Waals surface area contributed by atoms with E-state index in [0.29, 0.717) is 6.42 Å². The summed E-state index contributed by atoms with van der Waals surface area (Å²) in [5.74, 6) is 5.69. The highest BCUT2D eigenvalue weighted by Crippen LogP contribution is 2.47. The van der Waals surface area contributed by atoms with Gasteiger partial charge in [-0.2, -0.15) is 0 Å². The number of hydrogen-bond acceptors (Lipinski definition) is 4. The molecule has 0 heterocycles. The maximum Gasteiger partial charge on any atom is 0.337 e. The van der Waals surface area contributed by atoms with Gasteiger partial charge in [-0.3, -0.25) is 9.36 Å². The van der Waals surface area contributed by atoms with Gasteiger partial charge in [-0.25, -0.2) is 0 Å². The van der Waals surface area contributed by atoms with E-state index >= 15 is 0 Å². The molecule has 0 fully saturated rings. The highest BCUT2D eigenvalue weighted by Gasteiger charge is 2.34. The summed E-state index contributed by atoms with van der Waals surface area (Å²) in [4.78, 5) is 12.0. The number of carbonyl (C=O) groups excluding carboxylic acids is 1. The zero-order valence-electron chi connectivity index (χ0n) is 11.2. The molecule has 0 unspecified atom stereocenters. The number of Topliss-reactive ketones (excluding diaryl/α,β-unsaturated/α-hetero) is 1. The van der Waals surface area contributed by atoms with Gasteiger partial charge >= 0.3 is 7.60 Å². The Bertz CT molecular complexity index is 354. The average molecular weight is 260 g/mol. The van der Waals surface area contributed by atoms with E-state index in [2.05, 4.69) is 11.8 Å². The summed E-state index contributed by atoms with van der Waals surface area (Å²) in [6.45, 7) is 5.52. The lowest BCUT2D eigenvalue weighted by molar-refractivity contribution is -0.124. The molecule has 0 bridgehead atoms. The van der Waals surface area contributed by atoms with Gasteiger partial charge in [-0.15, -0.1) is 11.8 Å². The third kappa shape index (κ3) is 5.50. The summed E-state index contributed by atoms with van der Waals surface area (Å²) in [6.07, 6.45) is 1.01. The second-order valence-corrected chi connectivity index (χ2v) is 6.59. The van der Waals surface area contributed by atoms with Gasteiger partial charge in [-0.05, 0) is 0 Å². The van der Waals surface area contributed by atoms with E-state index in [1.165, 1.54) is 14.2 Å². The monoisotopic (exact) mass is 260 g/mol. The van der Waals surface area contributed by atoms with Crippen molar-refractivity contribution in [2.75, 3.05) is 20.4 Å². The molecular weight excluding hydrogens is 239 g/mol. The molecule has 0 rings (SSSR count). The van der Waals surface area contributed by atoms with Crippen LogP contribution in [-0.4, -0.2) is 26.2 Å². The van der Waals surface area contributed by atoms with E-state index < -0.39 is 13.0 Å². The van der Waals surface area contributed by atoms with E-state index in [9.17, 15) is 9.36 Å². The Hall–Kier alpha value is -0.620. The summed E-state index contributed by atoms with van der Waals surface area (Å²) >= 11 is 0. The van der Waals surface area contributed by atoms with Crippen molar-refractivity contribution in [3.8, 4) is 11.8 Å². The van der Waals surface area contributed by atoms with Crippen LogP contribution in [0.1, 0.15) is 33.6 Å². The average Bonchev–Trinajstić information content (AvgIpc) is 2.29. The zero-order chi connectivity index (χ0) is 13.5. The normalized spacial score (nSPS) is 11.8. The molecule has 0 aliphatic rings. The second-order valence-electron chi connectivity index (χ2n) is 4.33. The van der Waals surface area contributed by atoms with Gasteiger partial charge in [0.2, 0.25) is 0 Å². The lowest BCUT2D eigenvalue weighted by atomic mass is 9.85. The van der Waals surface area contributed by atoms with Gasteiger partial charge in [0.05, 0.1) is 0 Å². The molecule has 5 heteroatoms. The molecule has 0 spiro atoms. The van der Waals surface area contributed by atoms with Crippen molar-refractivity contribution in [2.45, 2.75) is 33.6 Å². The van der Waals surface area contributed by atoms with E-state index in [4.69, 9.17) is 9.05 Å². The minimum Gasteiger partial charge on any atom is -0.312 e. The van der Waals surface area contributed by atoms with Gasteiger partial charge in [0.1, 0.15) is 6.16 Å². The minimum atomic E-state index is -3.27. The molecule has 0 radical (unpaired) electrons. The molecule has 0 saturated heterocycles. The fourth-order valence-corrected chi connectivity index (χ4v) is 2.29. The minimum absolute atomic E-state index is 0.157. The van der Waals surface area contributed by atoms with Gasteiger partial charge < -0.3 is 9.05 Å². The number of rotatable bonds is 6. The predicted octanol–water partition coefficient (Wildman–Crippen LogP) is 2.87. The van der Waals surface area contributed by atoms with Crippen LogP contribution in [0.15, 0.2) is 0 Å². The predicted molar refractivity (Wildman–Crippen MR) is 68.0 cm³/mol. The first-order valence-corrected chi connectivity index (χ1v) is 7.23. The molecule has 0 aliphatic heterocycles. The van der Waals surface area contributed by atoms with Crippen LogP contribution in [0.25, 0.3) is 0 Å². The van der Waals surface area contributed by atoms with Crippen LogP contribution in [0.3, 0.4) is 0 Å². The second kappa shape index (κ2) is 6.96. The lowest BCUT2D eigenvalue weighted by Crippen LogP contribution is -2.27. The van der Waals surface area contributed by atoms with Gasteiger partial charge in [0.15, 0.2) is 5.78 Å². The molecule has 0 amide bonds.